The normalized spacial score (nSPS) is 12.0. The third kappa shape index (κ3) is 1.98. The second-order valence-corrected chi connectivity index (χ2v) is 7.90. The molecule has 7 aromatic rings. The maximum absolute atomic E-state index is 3.61. The van der Waals surface area contributed by atoms with E-state index >= 15 is 0 Å². The molecule has 0 amide bonds. The van der Waals surface area contributed by atoms with Gasteiger partial charge in [-0.15, -0.1) is 0 Å². The summed E-state index contributed by atoms with van der Waals surface area (Å²) in [5, 5.41) is 7.80. The number of H-pyrrole nitrogens is 1. The Bertz CT molecular complexity index is 1730. The summed E-state index contributed by atoms with van der Waals surface area (Å²) in [5.74, 6) is 0. The van der Waals surface area contributed by atoms with Gasteiger partial charge in [0, 0.05) is 43.7 Å². The van der Waals surface area contributed by atoms with Gasteiger partial charge in [-0.1, -0.05) is 66.7 Å². The van der Waals surface area contributed by atoms with Gasteiger partial charge < -0.3 is 9.55 Å². The Morgan fingerprint density at radius 1 is 0.467 bits per heavy atom. The van der Waals surface area contributed by atoms with Crippen molar-refractivity contribution in [3.63, 3.8) is 0 Å². The van der Waals surface area contributed by atoms with Crippen LogP contribution in [0.2, 0.25) is 0 Å². The van der Waals surface area contributed by atoms with Crippen molar-refractivity contribution in [3.05, 3.63) is 103 Å². The number of rotatable bonds is 1. The molecule has 0 radical (unpaired) electrons. The molecule has 30 heavy (non-hydrogen) atoms. The second-order valence-electron chi connectivity index (χ2n) is 7.90. The molecular weight excluding hydrogens is 364 g/mol. The van der Waals surface area contributed by atoms with E-state index in [2.05, 4.69) is 113 Å². The molecule has 2 nitrogen and oxygen atoms in total. The lowest BCUT2D eigenvalue weighted by atomic mass is 9.98. The Balaban J connectivity index is 1.80. The molecule has 0 saturated carbocycles. The summed E-state index contributed by atoms with van der Waals surface area (Å²) >= 11 is 0. The van der Waals surface area contributed by atoms with Crippen LogP contribution in [0.25, 0.3) is 60.1 Å². The van der Waals surface area contributed by atoms with E-state index in [0.29, 0.717) is 0 Å². The van der Waals surface area contributed by atoms with Crippen LogP contribution >= 0.6 is 0 Å². The van der Waals surface area contributed by atoms with Crippen LogP contribution in [-0.2, 0) is 0 Å². The smallest absolute Gasteiger partial charge is 0.0547 e. The van der Waals surface area contributed by atoms with Gasteiger partial charge in [0.1, 0.15) is 0 Å². The average molecular weight is 382 g/mol. The predicted molar refractivity (Wildman–Crippen MR) is 128 cm³/mol. The van der Waals surface area contributed by atoms with Crippen LogP contribution in [0.4, 0.5) is 0 Å². The molecule has 0 bridgehead atoms. The molecule has 0 atom stereocenters. The minimum Gasteiger partial charge on any atom is -0.354 e. The minimum absolute atomic E-state index is 1.18. The number of hydrogen-bond donors (Lipinski definition) is 1. The zero-order valence-corrected chi connectivity index (χ0v) is 16.3. The summed E-state index contributed by atoms with van der Waals surface area (Å²) in [6.45, 7) is 0. The van der Waals surface area contributed by atoms with Crippen LogP contribution in [0.3, 0.4) is 0 Å². The zero-order chi connectivity index (χ0) is 19.7. The van der Waals surface area contributed by atoms with E-state index in [0.717, 1.165) is 0 Å². The number of aromatic nitrogens is 2. The molecule has 0 saturated heterocycles. The van der Waals surface area contributed by atoms with Crippen molar-refractivity contribution in [1.29, 1.82) is 0 Å². The molecule has 2 heteroatoms. The van der Waals surface area contributed by atoms with Gasteiger partial charge in [0.05, 0.1) is 11.0 Å². The molecule has 5 aromatic carbocycles. The fourth-order valence-corrected chi connectivity index (χ4v) is 5.07. The Hall–Kier alpha value is -4.04. The van der Waals surface area contributed by atoms with Crippen molar-refractivity contribution in [2.24, 2.45) is 0 Å². The highest BCUT2D eigenvalue weighted by atomic mass is 15.0. The Morgan fingerprint density at radius 2 is 1.20 bits per heavy atom. The maximum Gasteiger partial charge on any atom is 0.0547 e. The van der Waals surface area contributed by atoms with Crippen LogP contribution in [0.5, 0.6) is 0 Å². The van der Waals surface area contributed by atoms with Crippen LogP contribution in [0.15, 0.2) is 103 Å². The van der Waals surface area contributed by atoms with Crippen molar-refractivity contribution in [3.8, 4) is 5.69 Å². The fourth-order valence-electron chi connectivity index (χ4n) is 5.07. The summed E-state index contributed by atoms with van der Waals surface area (Å²) < 4.78 is 2.39. The summed E-state index contributed by atoms with van der Waals surface area (Å²) in [5.41, 5.74) is 6.04. The molecule has 0 aliphatic rings. The number of benzene rings is 5. The van der Waals surface area contributed by atoms with E-state index in [1.165, 1.54) is 60.1 Å². The highest BCUT2D eigenvalue weighted by Crippen LogP contribution is 2.41. The molecule has 0 aliphatic heterocycles. The monoisotopic (exact) mass is 382 g/mol. The summed E-state index contributed by atoms with van der Waals surface area (Å²) in [4.78, 5) is 3.61. The molecule has 0 fully saturated rings. The van der Waals surface area contributed by atoms with E-state index in [9.17, 15) is 0 Å². The predicted octanol–water partition coefficient (Wildman–Crippen LogP) is 7.57. The van der Waals surface area contributed by atoms with Gasteiger partial charge in [0.15, 0.2) is 0 Å². The summed E-state index contributed by atoms with van der Waals surface area (Å²) in [7, 11) is 0. The number of para-hydroxylation sites is 3. The van der Waals surface area contributed by atoms with E-state index in [-0.39, 0.29) is 0 Å². The van der Waals surface area contributed by atoms with Gasteiger partial charge >= 0.3 is 0 Å². The molecule has 1 N–H and O–H groups in total. The van der Waals surface area contributed by atoms with Gasteiger partial charge in [0.2, 0.25) is 0 Å². The largest absolute Gasteiger partial charge is 0.354 e. The van der Waals surface area contributed by atoms with Crippen LogP contribution in [-0.4, -0.2) is 9.55 Å². The Kier molecular flexibility index (Phi) is 3.03. The number of nitrogens with zero attached hydrogens (tertiary/aromatic N) is 1. The summed E-state index contributed by atoms with van der Waals surface area (Å²) in [6.07, 6.45) is 0. The minimum atomic E-state index is 1.18. The van der Waals surface area contributed by atoms with Gasteiger partial charge in [-0.3, -0.25) is 0 Å². The molecule has 7 rings (SSSR count). The summed E-state index contributed by atoms with van der Waals surface area (Å²) in [6, 6.07) is 37.0. The highest BCUT2D eigenvalue weighted by molar-refractivity contribution is 6.32. The van der Waals surface area contributed by atoms with Gasteiger partial charge in [-0.25, -0.2) is 0 Å². The highest BCUT2D eigenvalue weighted by Gasteiger charge is 2.17. The van der Waals surface area contributed by atoms with Crippen LogP contribution in [0.1, 0.15) is 0 Å². The second kappa shape index (κ2) is 5.74. The lowest BCUT2D eigenvalue weighted by Crippen LogP contribution is -1.92. The Morgan fingerprint density at radius 3 is 2.10 bits per heavy atom. The topological polar surface area (TPSA) is 20.7 Å². The lowest BCUT2D eigenvalue weighted by molar-refractivity contribution is 1.18. The quantitative estimate of drug-likeness (QED) is 0.302. The fraction of sp³-hybridized carbons (Fsp3) is 0. The zero-order valence-electron chi connectivity index (χ0n) is 16.3. The first-order chi connectivity index (χ1) is 14.9. The van der Waals surface area contributed by atoms with Crippen molar-refractivity contribution >= 4 is 54.4 Å². The average Bonchev–Trinajstić information content (AvgIpc) is 3.35. The van der Waals surface area contributed by atoms with Crippen molar-refractivity contribution in [1.82, 2.24) is 9.55 Å². The van der Waals surface area contributed by atoms with Crippen LogP contribution < -0.4 is 0 Å². The van der Waals surface area contributed by atoms with Crippen LogP contribution in [0, 0.1) is 0 Å². The van der Waals surface area contributed by atoms with E-state index < -0.39 is 0 Å². The van der Waals surface area contributed by atoms with E-state index in [1.807, 2.05) is 0 Å². The SMILES string of the molecule is c1ccc(-n2c3ccccc3c3c4c(ccc5[nH]c6ccccc6c54)ccc32)cc1. The van der Waals surface area contributed by atoms with Crippen molar-refractivity contribution in [2.75, 3.05) is 0 Å². The first-order valence-corrected chi connectivity index (χ1v) is 10.3. The van der Waals surface area contributed by atoms with Crippen molar-refractivity contribution in [2.45, 2.75) is 0 Å². The molecule has 0 spiro atoms. The Labute approximate surface area is 173 Å². The third-order valence-electron chi connectivity index (χ3n) is 6.30. The molecule has 2 heterocycles. The van der Waals surface area contributed by atoms with Gasteiger partial charge in [-0.2, -0.15) is 0 Å². The number of fused-ring (bicyclic) bond motifs is 9. The lowest BCUT2D eigenvalue weighted by Gasteiger charge is -2.08. The molecule has 2 aromatic heterocycles. The number of nitrogens with one attached hydrogen (secondary N) is 1. The standard InChI is InChI=1S/C28H18N2/c1-2-8-19(9-3-1)30-24-13-7-5-11-21(24)28-25(30)17-15-18-14-16-23-27(26(18)28)20-10-4-6-12-22(20)29-23/h1-17,29H. The van der Waals surface area contributed by atoms with E-state index in [4.69, 9.17) is 0 Å². The van der Waals surface area contributed by atoms with Crippen molar-refractivity contribution < 1.29 is 0 Å². The maximum atomic E-state index is 3.61. The van der Waals surface area contributed by atoms with Gasteiger partial charge in [-0.05, 0) is 41.8 Å². The first-order valence-electron chi connectivity index (χ1n) is 10.3. The van der Waals surface area contributed by atoms with Gasteiger partial charge in [0.25, 0.3) is 0 Å². The molecule has 0 aliphatic carbocycles. The molecule has 140 valence electrons. The third-order valence-corrected chi connectivity index (χ3v) is 6.30. The molecular formula is C28H18N2. The first kappa shape index (κ1) is 15.8. The van der Waals surface area contributed by atoms with E-state index in [1.54, 1.807) is 0 Å². The number of hydrogen-bond acceptors (Lipinski definition) is 0. The number of aromatic amines is 1. The molecule has 0 unspecified atom stereocenters.